The van der Waals surface area contributed by atoms with Crippen molar-refractivity contribution in [3.63, 3.8) is 0 Å². The Hall–Kier alpha value is -2.09. The van der Waals surface area contributed by atoms with Crippen LogP contribution in [0.15, 0.2) is 53.4 Å². The van der Waals surface area contributed by atoms with Gasteiger partial charge in [-0.3, -0.25) is 4.79 Å². The van der Waals surface area contributed by atoms with Crippen LogP contribution in [-0.2, 0) is 21.2 Å². The number of nitrogen functional groups attached to an aromatic ring is 1. The maximum atomic E-state index is 12.8. The fourth-order valence-electron chi connectivity index (χ4n) is 3.07. The van der Waals surface area contributed by atoms with Gasteiger partial charge in [-0.15, -0.1) is 12.4 Å². The highest BCUT2D eigenvalue weighted by Gasteiger charge is 2.29. The number of nitrogens with one attached hydrogen (secondary N) is 1. The molecule has 0 spiro atoms. The van der Waals surface area contributed by atoms with Gasteiger partial charge in [0, 0.05) is 17.9 Å². The van der Waals surface area contributed by atoms with Crippen LogP contribution in [0.4, 0.5) is 11.4 Å². The smallest absolute Gasteiger partial charge is 0.244 e. The lowest BCUT2D eigenvalue weighted by atomic mass is 9.99. The van der Waals surface area contributed by atoms with Gasteiger partial charge in [0.25, 0.3) is 0 Å². The number of halogens is 1. The minimum atomic E-state index is -3.75. The summed E-state index contributed by atoms with van der Waals surface area (Å²) in [4.78, 5) is 14.6. The van der Waals surface area contributed by atoms with E-state index < -0.39 is 16.1 Å². The Morgan fingerprint density at radius 2 is 1.85 bits per heavy atom. The number of hydrogen-bond acceptors (Lipinski definition) is 4. The lowest BCUT2D eigenvalue weighted by Crippen LogP contribution is -2.48. The molecule has 1 amide bonds. The van der Waals surface area contributed by atoms with Crippen LogP contribution >= 0.6 is 12.4 Å². The first-order chi connectivity index (χ1) is 11.9. The molecule has 0 radical (unpaired) electrons. The molecule has 3 rings (SSSR count). The number of sulfonamides is 1. The molecule has 1 atom stereocenters. The van der Waals surface area contributed by atoms with Crippen molar-refractivity contribution in [3.8, 4) is 0 Å². The average Bonchev–Trinajstić information content (AvgIpc) is 2.61. The van der Waals surface area contributed by atoms with Crippen LogP contribution in [-0.4, -0.2) is 26.9 Å². The van der Waals surface area contributed by atoms with Gasteiger partial charge in [-0.1, -0.05) is 24.3 Å². The van der Waals surface area contributed by atoms with E-state index in [-0.39, 0.29) is 23.2 Å². The van der Waals surface area contributed by atoms with Gasteiger partial charge in [-0.25, -0.2) is 8.42 Å². The lowest BCUT2D eigenvalue weighted by molar-refractivity contribution is -0.119. The predicted octanol–water partition coefficient (Wildman–Crippen LogP) is 2.34. The van der Waals surface area contributed by atoms with E-state index in [0.29, 0.717) is 12.2 Å². The summed E-state index contributed by atoms with van der Waals surface area (Å²) in [5.74, 6) is -0.286. The predicted molar refractivity (Wildman–Crippen MR) is 105 cm³/mol. The van der Waals surface area contributed by atoms with E-state index in [4.69, 9.17) is 5.73 Å². The number of anilines is 2. The second kappa shape index (κ2) is 8.07. The van der Waals surface area contributed by atoms with Crippen molar-refractivity contribution in [2.75, 3.05) is 17.2 Å². The van der Waals surface area contributed by atoms with E-state index in [1.165, 1.54) is 12.1 Å². The molecule has 0 aromatic heterocycles. The van der Waals surface area contributed by atoms with Crippen molar-refractivity contribution in [2.45, 2.75) is 30.7 Å². The zero-order valence-electron chi connectivity index (χ0n) is 14.4. The largest absolute Gasteiger partial charge is 0.398 e. The molecule has 2 aromatic rings. The fraction of sp³-hybridized carbons (Fsp3) is 0.278. The van der Waals surface area contributed by atoms with E-state index in [1.54, 1.807) is 36.1 Å². The molecule has 2 aromatic carbocycles. The summed E-state index contributed by atoms with van der Waals surface area (Å²) >= 11 is 0. The van der Waals surface area contributed by atoms with Gasteiger partial charge in [-0.2, -0.15) is 4.72 Å². The Labute approximate surface area is 159 Å². The third-order valence-corrected chi connectivity index (χ3v) is 5.87. The summed E-state index contributed by atoms with van der Waals surface area (Å²) in [6.07, 6.45) is 1.61. The number of fused-ring (bicyclic) bond motifs is 1. The summed E-state index contributed by atoms with van der Waals surface area (Å²) in [5, 5.41) is 0. The second-order valence-corrected chi connectivity index (χ2v) is 7.81. The van der Waals surface area contributed by atoms with Gasteiger partial charge < -0.3 is 10.6 Å². The molecule has 140 valence electrons. The summed E-state index contributed by atoms with van der Waals surface area (Å²) in [6.45, 7) is 2.11. The summed E-state index contributed by atoms with van der Waals surface area (Å²) in [6, 6.07) is 12.6. The Bertz CT molecular complexity index is 888. The SMILES string of the molecule is CC(NS(=O)(=O)c1ccccc1)C(=O)N1CCCc2c(N)cccc21.Cl. The number of carbonyl (C=O) groups excluding carboxylic acids is 1. The van der Waals surface area contributed by atoms with Crippen LogP contribution in [0.5, 0.6) is 0 Å². The Morgan fingerprint density at radius 3 is 2.54 bits per heavy atom. The van der Waals surface area contributed by atoms with E-state index in [1.807, 2.05) is 12.1 Å². The standard InChI is InChI=1S/C18H21N3O3S.ClH/c1-13(20-25(23,24)14-7-3-2-4-8-14)18(22)21-12-6-9-15-16(19)10-5-11-17(15)21;/h2-5,7-8,10-11,13,20H,6,9,12,19H2,1H3;1H. The minimum Gasteiger partial charge on any atom is -0.398 e. The Balaban J connectivity index is 0.00000243. The van der Waals surface area contributed by atoms with Crippen molar-refractivity contribution in [1.29, 1.82) is 0 Å². The molecule has 6 nitrogen and oxygen atoms in total. The second-order valence-electron chi connectivity index (χ2n) is 6.09. The quantitative estimate of drug-likeness (QED) is 0.777. The maximum absolute atomic E-state index is 12.8. The number of rotatable bonds is 4. The fourth-order valence-corrected chi connectivity index (χ4v) is 4.28. The molecule has 0 fully saturated rings. The van der Waals surface area contributed by atoms with E-state index in [2.05, 4.69) is 4.72 Å². The lowest BCUT2D eigenvalue weighted by Gasteiger charge is -2.32. The molecular weight excluding hydrogens is 374 g/mol. The van der Waals surface area contributed by atoms with Gasteiger partial charge in [0.1, 0.15) is 0 Å². The third kappa shape index (κ3) is 4.00. The molecule has 0 aliphatic carbocycles. The minimum absolute atomic E-state index is 0. The van der Waals surface area contributed by atoms with Crippen molar-refractivity contribution >= 4 is 39.7 Å². The van der Waals surface area contributed by atoms with Gasteiger partial charge in [0.15, 0.2) is 0 Å². The van der Waals surface area contributed by atoms with Crippen molar-refractivity contribution in [3.05, 3.63) is 54.1 Å². The number of hydrogen-bond donors (Lipinski definition) is 2. The van der Waals surface area contributed by atoms with Gasteiger partial charge in [0.2, 0.25) is 15.9 Å². The molecule has 1 aliphatic rings. The normalized spacial score (nSPS) is 14.9. The number of carbonyl (C=O) groups is 1. The zero-order chi connectivity index (χ0) is 18.0. The first-order valence-corrected chi connectivity index (χ1v) is 9.64. The highest BCUT2D eigenvalue weighted by molar-refractivity contribution is 7.89. The van der Waals surface area contributed by atoms with Crippen LogP contribution in [0.1, 0.15) is 18.9 Å². The molecule has 0 saturated carbocycles. The molecule has 1 unspecified atom stereocenters. The third-order valence-electron chi connectivity index (χ3n) is 4.31. The summed E-state index contributed by atoms with van der Waals surface area (Å²) in [7, 11) is -3.75. The van der Waals surface area contributed by atoms with Crippen LogP contribution in [0.25, 0.3) is 0 Å². The number of nitrogens with zero attached hydrogens (tertiary/aromatic N) is 1. The van der Waals surface area contributed by atoms with Crippen LogP contribution in [0.3, 0.4) is 0 Å². The van der Waals surface area contributed by atoms with Crippen LogP contribution in [0, 0.1) is 0 Å². The van der Waals surface area contributed by atoms with E-state index in [0.717, 1.165) is 24.1 Å². The maximum Gasteiger partial charge on any atom is 0.244 e. The Kier molecular flexibility index (Phi) is 6.28. The van der Waals surface area contributed by atoms with Crippen LogP contribution in [0.2, 0.25) is 0 Å². The average molecular weight is 396 g/mol. The molecule has 1 heterocycles. The first kappa shape index (κ1) is 20.2. The highest BCUT2D eigenvalue weighted by atomic mass is 35.5. The molecule has 3 N–H and O–H groups in total. The van der Waals surface area contributed by atoms with E-state index in [9.17, 15) is 13.2 Å². The molecule has 8 heteroatoms. The number of amides is 1. The van der Waals surface area contributed by atoms with Gasteiger partial charge in [-0.05, 0) is 49.6 Å². The monoisotopic (exact) mass is 395 g/mol. The number of nitrogens with two attached hydrogens (primary N) is 1. The molecule has 0 bridgehead atoms. The number of benzene rings is 2. The Morgan fingerprint density at radius 1 is 1.15 bits per heavy atom. The zero-order valence-corrected chi connectivity index (χ0v) is 16.0. The molecular formula is C18H22ClN3O3S. The van der Waals surface area contributed by atoms with Crippen LogP contribution < -0.4 is 15.4 Å². The van der Waals surface area contributed by atoms with Crippen molar-refractivity contribution < 1.29 is 13.2 Å². The first-order valence-electron chi connectivity index (χ1n) is 8.16. The molecule has 26 heavy (non-hydrogen) atoms. The summed E-state index contributed by atoms with van der Waals surface area (Å²) < 4.78 is 27.3. The summed E-state index contributed by atoms with van der Waals surface area (Å²) in [5.41, 5.74) is 8.38. The highest BCUT2D eigenvalue weighted by Crippen LogP contribution is 2.31. The molecule has 1 aliphatic heterocycles. The van der Waals surface area contributed by atoms with Gasteiger partial charge >= 0.3 is 0 Å². The van der Waals surface area contributed by atoms with Crippen molar-refractivity contribution in [1.82, 2.24) is 4.72 Å². The van der Waals surface area contributed by atoms with E-state index >= 15 is 0 Å². The van der Waals surface area contributed by atoms with Crippen molar-refractivity contribution in [2.24, 2.45) is 0 Å². The molecule has 0 saturated heterocycles. The topological polar surface area (TPSA) is 92.5 Å². The van der Waals surface area contributed by atoms with Gasteiger partial charge in [0.05, 0.1) is 10.9 Å².